The lowest BCUT2D eigenvalue weighted by molar-refractivity contribution is -0.133. The summed E-state index contributed by atoms with van der Waals surface area (Å²) in [6.45, 7) is 7.32. The summed E-state index contributed by atoms with van der Waals surface area (Å²) >= 11 is 0. The Morgan fingerprint density at radius 1 is 1.41 bits per heavy atom. The Balaban J connectivity index is 1.84. The largest absolute Gasteiger partial charge is 0.341 e. The van der Waals surface area contributed by atoms with Crippen molar-refractivity contribution >= 4 is 5.91 Å². The fraction of sp³-hybridized carbons (Fsp3) is 0.929. The number of carbonyl (C=O) groups excluding carboxylic acids is 1. The van der Waals surface area contributed by atoms with Crippen molar-refractivity contribution in [3.8, 4) is 0 Å². The Morgan fingerprint density at radius 3 is 2.71 bits per heavy atom. The first-order valence-corrected chi connectivity index (χ1v) is 7.24. The van der Waals surface area contributed by atoms with Crippen LogP contribution in [0.5, 0.6) is 0 Å². The first-order valence-electron chi connectivity index (χ1n) is 7.24. The maximum absolute atomic E-state index is 12.3. The van der Waals surface area contributed by atoms with E-state index in [4.69, 9.17) is 0 Å². The van der Waals surface area contributed by atoms with Gasteiger partial charge in [-0.05, 0) is 38.1 Å². The topological polar surface area (TPSA) is 32.3 Å². The summed E-state index contributed by atoms with van der Waals surface area (Å²) < 4.78 is 0. The highest BCUT2D eigenvalue weighted by Crippen LogP contribution is 2.39. The third kappa shape index (κ3) is 3.44. The second-order valence-corrected chi connectivity index (χ2v) is 5.75. The number of piperidine rings is 1. The molecule has 3 nitrogen and oxygen atoms in total. The summed E-state index contributed by atoms with van der Waals surface area (Å²) in [4.78, 5) is 14.4. The van der Waals surface area contributed by atoms with Crippen LogP contribution in [0.2, 0.25) is 0 Å². The van der Waals surface area contributed by atoms with Crippen LogP contribution in [0.3, 0.4) is 0 Å². The van der Waals surface area contributed by atoms with Crippen LogP contribution < -0.4 is 5.32 Å². The molecule has 0 radical (unpaired) electrons. The van der Waals surface area contributed by atoms with Gasteiger partial charge in [-0.2, -0.15) is 0 Å². The van der Waals surface area contributed by atoms with Crippen molar-refractivity contribution in [2.75, 3.05) is 19.6 Å². The minimum absolute atomic E-state index is 0.338. The molecular weight excluding hydrogens is 212 g/mol. The summed E-state index contributed by atoms with van der Waals surface area (Å²) in [7, 11) is 0. The molecule has 1 aliphatic carbocycles. The smallest absolute Gasteiger partial charge is 0.226 e. The molecule has 0 aromatic carbocycles. The predicted molar refractivity (Wildman–Crippen MR) is 69.8 cm³/mol. The van der Waals surface area contributed by atoms with Gasteiger partial charge in [0.05, 0.1) is 0 Å². The van der Waals surface area contributed by atoms with Gasteiger partial charge in [-0.1, -0.05) is 20.3 Å². The fourth-order valence-electron chi connectivity index (χ4n) is 2.81. The summed E-state index contributed by atoms with van der Waals surface area (Å²) in [5.41, 5.74) is 0. The molecule has 1 saturated heterocycles. The molecule has 17 heavy (non-hydrogen) atoms. The lowest BCUT2D eigenvalue weighted by Gasteiger charge is -2.30. The molecule has 1 saturated carbocycles. The minimum Gasteiger partial charge on any atom is -0.341 e. The molecule has 3 atom stereocenters. The Bertz CT molecular complexity index is 261. The van der Waals surface area contributed by atoms with Crippen molar-refractivity contribution in [1.29, 1.82) is 0 Å². The average Bonchev–Trinajstić information content (AvgIpc) is 3.06. The van der Waals surface area contributed by atoms with Gasteiger partial charge in [-0.3, -0.25) is 4.79 Å². The van der Waals surface area contributed by atoms with Gasteiger partial charge >= 0.3 is 0 Å². The van der Waals surface area contributed by atoms with Gasteiger partial charge < -0.3 is 10.2 Å². The van der Waals surface area contributed by atoms with Crippen molar-refractivity contribution in [2.24, 2.45) is 11.8 Å². The van der Waals surface area contributed by atoms with E-state index in [-0.39, 0.29) is 0 Å². The van der Waals surface area contributed by atoms with Gasteiger partial charge in [0, 0.05) is 25.0 Å². The standard InChI is InChI=1S/C14H26N2O/c1-3-8-16(14(17)13-9-11(13)2)10-12-6-4-5-7-15-12/h11-13,15H,3-10H2,1-2H3. The molecule has 1 amide bonds. The Labute approximate surface area is 105 Å². The minimum atomic E-state index is 0.338. The van der Waals surface area contributed by atoms with Crippen LogP contribution in [0.25, 0.3) is 0 Å². The molecule has 3 unspecified atom stereocenters. The molecule has 0 bridgehead atoms. The van der Waals surface area contributed by atoms with E-state index in [2.05, 4.69) is 24.1 Å². The highest BCUT2D eigenvalue weighted by atomic mass is 16.2. The maximum atomic E-state index is 12.3. The van der Waals surface area contributed by atoms with E-state index in [1.807, 2.05) is 0 Å². The third-order valence-corrected chi connectivity index (χ3v) is 4.09. The SMILES string of the molecule is CCCN(CC1CCCCN1)C(=O)C1CC1C. The van der Waals surface area contributed by atoms with Crippen molar-refractivity contribution in [1.82, 2.24) is 10.2 Å². The van der Waals surface area contributed by atoms with Crippen LogP contribution in [0.1, 0.15) is 46.0 Å². The molecule has 0 aromatic heterocycles. The molecule has 0 aromatic rings. The quantitative estimate of drug-likeness (QED) is 0.795. The van der Waals surface area contributed by atoms with Gasteiger partial charge in [0.1, 0.15) is 0 Å². The molecular formula is C14H26N2O. The average molecular weight is 238 g/mol. The van der Waals surface area contributed by atoms with Crippen molar-refractivity contribution in [3.05, 3.63) is 0 Å². The lowest BCUT2D eigenvalue weighted by Crippen LogP contribution is -2.46. The van der Waals surface area contributed by atoms with Crippen LogP contribution in [0, 0.1) is 11.8 Å². The molecule has 3 heteroatoms. The summed E-state index contributed by atoms with van der Waals surface area (Å²) in [6, 6.07) is 0.535. The van der Waals surface area contributed by atoms with E-state index in [0.29, 0.717) is 23.8 Å². The Kier molecular flexibility index (Phi) is 4.43. The number of rotatable bonds is 5. The van der Waals surface area contributed by atoms with Crippen LogP contribution in [0.15, 0.2) is 0 Å². The van der Waals surface area contributed by atoms with E-state index in [1.54, 1.807) is 0 Å². The number of carbonyl (C=O) groups is 1. The zero-order chi connectivity index (χ0) is 12.3. The van der Waals surface area contributed by atoms with E-state index in [0.717, 1.165) is 32.5 Å². The first kappa shape index (κ1) is 12.9. The lowest BCUT2D eigenvalue weighted by atomic mass is 10.0. The predicted octanol–water partition coefficient (Wildman–Crippen LogP) is 2.02. The van der Waals surface area contributed by atoms with E-state index in [9.17, 15) is 4.79 Å². The molecule has 2 rings (SSSR count). The monoisotopic (exact) mass is 238 g/mol. The Morgan fingerprint density at radius 2 is 2.18 bits per heavy atom. The van der Waals surface area contributed by atoms with Gasteiger partial charge in [-0.15, -0.1) is 0 Å². The van der Waals surface area contributed by atoms with Crippen molar-refractivity contribution in [3.63, 3.8) is 0 Å². The first-order chi connectivity index (χ1) is 8.22. The second kappa shape index (κ2) is 5.85. The molecule has 2 fully saturated rings. The number of hydrogen-bond acceptors (Lipinski definition) is 2. The van der Waals surface area contributed by atoms with Crippen LogP contribution in [-0.2, 0) is 4.79 Å². The molecule has 1 heterocycles. The Hall–Kier alpha value is -0.570. The zero-order valence-corrected chi connectivity index (χ0v) is 11.2. The fourth-order valence-corrected chi connectivity index (χ4v) is 2.81. The van der Waals surface area contributed by atoms with E-state index in [1.165, 1.54) is 19.3 Å². The molecule has 1 aliphatic heterocycles. The molecule has 1 N–H and O–H groups in total. The summed E-state index contributed by atoms with van der Waals surface area (Å²) in [5, 5.41) is 3.54. The second-order valence-electron chi connectivity index (χ2n) is 5.75. The van der Waals surface area contributed by atoms with Gasteiger partial charge in [0.25, 0.3) is 0 Å². The maximum Gasteiger partial charge on any atom is 0.226 e. The summed E-state index contributed by atoms with van der Waals surface area (Å²) in [6.07, 6.45) is 6.01. The normalized spacial score (nSPS) is 32.2. The highest BCUT2D eigenvalue weighted by Gasteiger charge is 2.41. The van der Waals surface area contributed by atoms with Gasteiger partial charge in [0.2, 0.25) is 5.91 Å². The van der Waals surface area contributed by atoms with Gasteiger partial charge in [-0.25, -0.2) is 0 Å². The summed E-state index contributed by atoms with van der Waals surface area (Å²) in [5.74, 6) is 1.37. The van der Waals surface area contributed by atoms with E-state index >= 15 is 0 Å². The highest BCUT2D eigenvalue weighted by molar-refractivity contribution is 5.81. The molecule has 0 spiro atoms. The number of nitrogens with one attached hydrogen (secondary N) is 1. The number of amides is 1. The van der Waals surface area contributed by atoms with Crippen LogP contribution >= 0.6 is 0 Å². The van der Waals surface area contributed by atoms with Crippen molar-refractivity contribution in [2.45, 2.75) is 52.0 Å². The van der Waals surface area contributed by atoms with Crippen LogP contribution in [-0.4, -0.2) is 36.5 Å². The van der Waals surface area contributed by atoms with Crippen molar-refractivity contribution < 1.29 is 4.79 Å². The third-order valence-electron chi connectivity index (χ3n) is 4.09. The van der Waals surface area contributed by atoms with Gasteiger partial charge in [0.15, 0.2) is 0 Å². The van der Waals surface area contributed by atoms with Crippen LogP contribution in [0.4, 0.5) is 0 Å². The van der Waals surface area contributed by atoms with E-state index < -0.39 is 0 Å². The number of nitrogens with zero attached hydrogens (tertiary/aromatic N) is 1. The molecule has 98 valence electrons. The number of hydrogen-bond donors (Lipinski definition) is 1. The zero-order valence-electron chi connectivity index (χ0n) is 11.2. The molecule has 2 aliphatic rings.